The zero-order chi connectivity index (χ0) is 14.8. The minimum absolute atomic E-state index is 0.0223. The van der Waals surface area contributed by atoms with Crippen LogP contribution in [0.3, 0.4) is 0 Å². The minimum atomic E-state index is -4.13. The Labute approximate surface area is 116 Å². The summed E-state index contributed by atoms with van der Waals surface area (Å²) in [4.78, 5) is 10.2. The Morgan fingerprint density at radius 3 is 2.80 bits per heavy atom. The maximum Gasteiger partial charge on any atom is 0.393 e. The Hall–Kier alpha value is -1.53. The summed E-state index contributed by atoms with van der Waals surface area (Å²) >= 11 is 0. The standard InChI is InChI=1S/C13H19F3N4/c1-3-17-12-18-9(2)7-11(19-12)20-6-4-5-10(8-20)13(14,15)16/h7,10H,3-6,8H2,1-2H3,(H,17,18,19). The highest BCUT2D eigenvalue weighted by Crippen LogP contribution is 2.34. The molecule has 112 valence electrons. The number of nitrogens with one attached hydrogen (secondary N) is 1. The first-order chi connectivity index (χ1) is 9.40. The van der Waals surface area contributed by atoms with Gasteiger partial charge in [0.25, 0.3) is 0 Å². The van der Waals surface area contributed by atoms with E-state index in [1.54, 1.807) is 11.0 Å². The van der Waals surface area contributed by atoms with E-state index in [1.807, 2.05) is 13.8 Å². The van der Waals surface area contributed by atoms with Crippen molar-refractivity contribution in [2.24, 2.45) is 5.92 Å². The third-order valence-electron chi connectivity index (χ3n) is 3.38. The molecule has 1 aromatic heterocycles. The molecule has 20 heavy (non-hydrogen) atoms. The Kier molecular flexibility index (Phi) is 4.35. The van der Waals surface area contributed by atoms with Crippen molar-refractivity contribution in [2.75, 3.05) is 29.9 Å². The second kappa shape index (κ2) is 5.85. The van der Waals surface area contributed by atoms with Gasteiger partial charge >= 0.3 is 6.18 Å². The van der Waals surface area contributed by atoms with Crippen molar-refractivity contribution < 1.29 is 13.2 Å². The molecule has 1 aromatic rings. The number of hydrogen-bond acceptors (Lipinski definition) is 4. The second-order valence-electron chi connectivity index (χ2n) is 5.05. The van der Waals surface area contributed by atoms with Crippen LogP contribution in [-0.2, 0) is 0 Å². The largest absolute Gasteiger partial charge is 0.393 e. The van der Waals surface area contributed by atoms with Crippen molar-refractivity contribution in [1.29, 1.82) is 0 Å². The molecular weight excluding hydrogens is 269 g/mol. The van der Waals surface area contributed by atoms with Crippen LogP contribution in [0.2, 0.25) is 0 Å². The van der Waals surface area contributed by atoms with E-state index in [-0.39, 0.29) is 13.0 Å². The van der Waals surface area contributed by atoms with Gasteiger partial charge in [0.1, 0.15) is 5.82 Å². The normalized spacial score (nSPS) is 20.1. The highest BCUT2D eigenvalue weighted by molar-refractivity contribution is 5.45. The molecule has 0 bridgehead atoms. The highest BCUT2D eigenvalue weighted by atomic mass is 19.4. The topological polar surface area (TPSA) is 41.1 Å². The third-order valence-corrected chi connectivity index (χ3v) is 3.38. The molecule has 2 rings (SSSR count). The Morgan fingerprint density at radius 1 is 1.40 bits per heavy atom. The number of rotatable bonds is 3. The summed E-state index contributed by atoms with van der Waals surface area (Å²) in [5.74, 6) is -0.229. The zero-order valence-electron chi connectivity index (χ0n) is 11.7. The lowest BCUT2D eigenvalue weighted by atomic mass is 9.97. The minimum Gasteiger partial charge on any atom is -0.356 e. The molecule has 2 heterocycles. The average molecular weight is 288 g/mol. The summed E-state index contributed by atoms with van der Waals surface area (Å²) in [7, 11) is 0. The molecular formula is C13H19F3N4. The first kappa shape index (κ1) is 14.9. The molecule has 1 unspecified atom stereocenters. The number of aromatic nitrogens is 2. The second-order valence-corrected chi connectivity index (χ2v) is 5.05. The first-order valence-electron chi connectivity index (χ1n) is 6.81. The Balaban J connectivity index is 2.18. The first-order valence-corrected chi connectivity index (χ1v) is 6.81. The predicted molar refractivity (Wildman–Crippen MR) is 71.9 cm³/mol. The van der Waals surface area contributed by atoms with Gasteiger partial charge in [0.15, 0.2) is 0 Å². The molecule has 1 fully saturated rings. The molecule has 1 saturated heterocycles. The fourth-order valence-electron chi connectivity index (χ4n) is 2.40. The van der Waals surface area contributed by atoms with E-state index < -0.39 is 12.1 Å². The number of alkyl halides is 3. The summed E-state index contributed by atoms with van der Waals surface area (Å²) in [6.45, 7) is 5.00. The number of anilines is 2. The molecule has 0 aliphatic carbocycles. The van der Waals surface area contributed by atoms with Crippen molar-refractivity contribution in [3.63, 3.8) is 0 Å². The van der Waals surface area contributed by atoms with E-state index in [4.69, 9.17) is 0 Å². The number of halogens is 3. The van der Waals surface area contributed by atoms with E-state index >= 15 is 0 Å². The quantitative estimate of drug-likeness (QED) is 0.928. The molecule has 1 atom stereocenters. The number of hydrogen-bond donors (Lipinski definition) is 1. The van der Waals surface area contributed by atoms with E-state index in [9.17, 15) is 13.2 Å². The van der Waals surface area contributed by atoms with Crippen molar-refractivity contribution in [3.05, 3.63) is 11.8 Å². The lowest BCUT2D eigenvalue weighted by Gasteiger charge is -2.34. The summed E-state index contributed by atoms with van der Waals surface area (Å²) < 4.78 is 38.5. The van der Waals surface area contributed by atoms with Crippen LogP contribution in [0.15, 0.2) is 6.07 Å². The van der Waals surface area contributed by atoms with Gasteiger partial charge < -0.3 is 10.2 Å². The van der Waals surface area contributed by atoms with Crippen molar-refractivity contribution >= 4 is 11.8 Å². The highest BCUT2D eigenvalue weighted by Gasteiger charge is 2.42. The molecule has 7 heteroatoms. The molecule has 1 N–H and O–H groups in total. The molecule has 0 spiro atoms. The maximum atomic E-state index is 12.8. The van der Waals surface area contributed by atoms with Crippen molar-refractivity contribution in [2.45, 2.75) is 32.9 Å². The van der Waals surface area contributed by atoms with Gasteiger partial charge in [-0.05, 0) is 26.7 Å². The van der Waals surface area contributed by atoms with Gasteiger partial charge in [0.2, 0.25) is 5.95 Å². The number of piperidine rings is 1. The molecule has 1 aliphatic rings. The SMILES string of the molecule is CCNc1nc(C)cc(N2CCCC(C(F)(F)F)C2)n1. The fourth-order valence-corrected chi connectivity index (χ4v) is 2.40. The van der Waals surface area contributed by atoms with Crippen LogP contribution < -0.4 is 10.2 Å². The molecule has 0 amide bonds. The zero-order valence-corrected chi connectivity index (χ0v) is 11.7. The summed E-state index contributed by atoms with van der Waals surface area (Å²) in [6.07, 6.45) is -3.40. The smallest absolute Gasteiger partial charge is 0.356 e. The van der Waals surface area contributed by atoms with Crippen LogP contribution in [0.4, 0.5) is 24.9 Å². The van der Waals surface area contributed by atoms with Crippen LogP contribution in [-0.4, -0.2) is 35.8 Å². The van der Waals surface area contributed by atoms with E-state index in [0.29, 0.717) is 31.3 Å². The summed E-state index contributed by atoms with van der Waals surface area (Å²) in [5, 5.41) is 3.00. The van der Waals surface area contributed by atoms with E-state index in [0.717, 1.165) is 5.69 Å². The molecule has 4 nitrogen and oxygen atoms in total. The predicted octanol–water partition coefficient (Wildman–Crippen LogP) is 3.00. The third kappa shape index (κ3) is 3.52. The molecule has 1 aliphatic heterocycles. The van der Waals surface area contributed by atoms with Crippen LogP contribution >= 0.6 is 0 Å². The maximum absolute atomic E-state index is 12.8. The average Bonchev–Trinajstić information content (AvgIpc) is 2.37. The lowest BCUT2D eigenvalue weighted by Crippen LogP contribution is -2.42. The fraction of sp³-hybridized carbons (Fsp3) is 0.692. The van der Waals surface area contributed by atoms with Crippen LogP contribution in [0.1, 0.15) is 25.5 Å². The Bertz CT molecular complexity index is 461. The monoisotopic (exact) mass is 288 g/mol. The van der Waals surface area contributed by atoms with Crippen molar-refractivity contribution in [1.82, 2.24) is 9.97 Å². The summed E-state index contributed by atoms with van der Waals surface area (Å²) in [5.41, 5.74) is 0.750. The van der Waals surface area contributed by atoms with Crippen LogP contribution in [0, 0.1) is 12.8 Å². The molecule has 0 radical (unpaired) electrons. The van der Waals surface area contributed by atoms with E-state index in [2.05, 4.69) is 15.3 Å². The molecule has 0 saturated carbocycles. The van der Waals surface area contributed by atoms with Crippen molar-refractivity contribution in [3.8, 4) is 0 Å². The lowest BCUT2D eigenvalue weighted by molar-refractivity contribution is -0.176. The van der Waals surface area contributed by atoms with Crippen LogP contribution in [0.25, 0.3) is 0 Å². The Morgan fingerprint density at radius 2 is 2.15 bits per heavy atom. The number of nitrogens with zero attached hydrogens (tertiary/aromatic N) is 3. The van der Waals surface area contributed by atoms with Gasteiger partial charge in [0, 0.05) is 31.4 Å². The van der Waals surface area contributed by atoms with Gasteiger partial charge in [-0.25, -0.2) is 4.98 Å². The molecule has 0 aromatic carbocycles. The van der Waals surface area contributed by atoms with Crippen LogP contribution in [0.5, 0.6) is 0 Å². The summed E-state index contributed by atoms with van der Waals surface area (Å²) in [6, 6.07) is 1.74. The van der Waals surface area contributed by atoms with Gasteiger partial charge in [-0.15, -0.1) is 0 Å². The van der Waals surface area contributed by atoms with Gasteiger partial charge in [0.05, 0.1) is 5.92 Å². The van der Waals surface area contributed by atoms with Gasteiger partial charge in [-0.3, -0.25) is 0 Å². The van der Waals surface area contributed by atoms with Gasteiger partial charge in [-0.2, -0.15) is 18.2 Å². The van der Waals surface area contributed by atoms with E-state index in [1.165, 1.54) is 0 Å². The van der Waals surface area contributed by atoms with Gasteiger partial charge in [-0.1, -0.05) is 0 Å². The number of aryl methyl sites for hydroxylation is 1.